The first-order valence-corrected chi connectivity index (χ1v) is 12.1. The lowest BCUT2D eigenvalue weighted by molar-refractivity contribution is 0.103. The van der Waals surface area contributed by atoms with Gasteiger partial charge in [0.05, 0.1) is 25.1 Å². The van der Waals surface area contributed by atoms with Crippen LogP contribution in [0, 0.1) is 0 Å². The lowest BCUT2D eigenvalue weighted by Crippen LogP contribution is -2.35. The second-order valence-electron chi connectivity index (χ2n) is 8.58. The number of hydrogen-bond acceptors (Lipinski definition) is 6. The number of H-pyrrole nitrogens is 1. The molecular weight excluding hydrogens is 434 g/mol. The van der Waals surface area contributed by atoms with E-state index in [0.29, 0.717) is 36.8 Å². The van der Waals surface area contributed by atoms with Crippen LogP contribution in [0.25, 0.3) is 21.3 Å². The largest absolute Gasteiger partial charge is 0.497 e. The average molecular weight is 462 g/mol. The van der Waals surface area contributed by atoms with Gasteiger partial charge in [-0.1, -0.05) is 42.5 Å². The van der Waals surface area contributed by atoms with Gasteiger partial charge in [0.2, 0.25) is 0 Å². The van der Waals surface area contributed by atoms with Gasteiger partial charge in [0.1, 0.15) is 16.4 Å². The summed E-state index contributed by atoms with van der Waals surface area (Å²) in [6, 6.07) is 18.2. The minimum Gasteiger partial charge on any atom is -0.497 e. The predicted molar refractivity (Wildman–Crippen MR) is 132 cm³/mol. The van der Waals surface area contributed by atoms with Crippen LogP contribution in [0.3, 0.4) is 0 Å². The van der Waals surface area contributed by atoms with Crippen LogP contribution in [0.1, 0.15) is 24.2 Å². The fourth-order valence-corrected chi connectivity index (χ4v) is 5.23. The molecule has 0 bridgehead atoms. The van der Waals surface area contributed by atoms with E-state index < -0.39 is 6.10 Å². The van der Waals surface area contributed by atoms with E-state index in [2.05, 4.69) is 9.88 Å². The van der Waals surface area contributed by atoms with E-state index >= 15 is 0 Å². The summed E-state index contributed by atoms with van der Waals surface area (Å²) < 4.78 is 5.33. The zero-order chi connectivity index (χ0) is 22.8. The molecule has 170 valence electrons. The summed E-state index contributed by atoms with van der Waals surface area (Å²) >= 11 is 1.48. The van der Waals surface area contributed by atoms with Crippen LogP contribution in [-0.4, -0.2) is 45.8 Å². The van der Waals surface area contributed by atoms with Gasteiger partial charge in [0, 0.05) is 23.5 Å². The minimum absolute atomic E-state index is 0.130. The second-order valence-corrected chi connectivity index (χ2v) is 9.44. The highest BCUT2D eigenvalue weighted by molar-refractivity contribution is 7.17. The first-order valence-electron chi connectivity index (χ1n) is 11.2. The van der Waals surface area contributed by atoms with Gasteiger partial charge >= 0.3 is 0 Å². The molecule has 1 aliphatic carbocycles. The Hall–Kier alpha value is -3.00. The van der Waals surface area contributed by atoms with Crippen molar-refractivity contribution in [1.82, 2.24) is 14.9 Å². The number of methoxy groups -OCH3 is 1. The Bertz CT molecular complexity index is 1300. The van der Waals surface area contributed by atoms with Gasteiger partial charge in [-0.15, -0.1) is 11.3 Å². The molecule has 0 aliphatic heterocycles. The van der Waals surface area contributed by atoms with Crippen molar-refractivity contribution in [3.05, 3.63) is 81.7 Å². The third-order valence-corrected chi connectivity index (χ3v) is 6.92. The Morgan fingerprint density at radius 2 is 2.03 bits per heavy atom. The maximum absolute atomic E-state index is 13.1. The summed E-state index contributed by atoms with van der Waals surface area (Å²) in [7, 11) is 1.63. The Labute approximate surface area is 196 Å². The molecule has 1 aliphatic rings. The highest BCUT2D eigenvalue weighted by Gasteiger charge is 2.31. The van der Waals surface area contributed by atoms with Crippen molar-refractivity contribution in [2.45, 2.75) is 38.0 Å². The molecule has 1 atom stereocenters. The summed E-state index contributed by atoms with van der Waals surface area (Å²) in [4.78, 5) is 23.8. The van der Waals surface area contributed by atoms with Crippen LogP contribution in [0.4, 0.5) is 0 Å². The molecule has 1 saturated carbocycles. The van der Waals surface area contributed by atoms with Crippen molar-refractivity contribution >= 4 is 21.6 Å². The third-order valence-electron chi connectivity index (χ3n) is 6.05. The Morgan fingerprint density at radius 3 is 2.79 bits per heavy atom. The van der Waals surface area contributed by atoms with E-state index in [1.54, 1.807) is 7.11 Å². The number of fused-ring (bicyclic) bond motifs is 1. The summed E-state index contributed by atoms with van der Waals surface area (Å²) in [6.45, 7) is 1.08. The van der Waals surface area contributed by atoms with E-state index in [9.17, 15) is 9.90 Å². The fraction of sp³-hybridized carbons (Fsp3) is 0.308. The maximum atomic E-state index is 13.1. The van der Waals surface area contributed by atoms with Crippen molar-refractivity contribution in [1.29, 1.82) is 0 Å². The maximum Gasteiger partial charge on any atom is 0.260 e. The van der Waals surface area contributed by atoms with Gasteiger partial charge in [0.25, 0.3) is 5.56 Å². The number of aromatic nitrogens is 2. The number of ether oxygens (including phenoxy) is 1. The van der Waals surface area contributed by atoms with Crippen LogP contribution >= 0.6 is 11.3 Å². The van der Waals surface area contributed by atoms with Gasteiger partial charge in [-0.05, 0) is 42.5 Å². The van der Waals surface area contributed by atoms with Crippen molar-refractivity contribution in [3.63, 3.8) is 0 Å². The summed E-state index contributed by atoms with van der Waals surface area (Å²) in [5.74, 6) is 1.40. The van der Waals surface area contributed by atoms with Crippen molar-refractivity contribution < 1.29 is 9.84 Å². The quantitative estimate of drug-likeness (QED) is 0.390. The lowest BCUT2D eigenvalue weighted by atomic mass is 10.1. The molecule has 0 saturated heterocycles. The number of hydrogen-bond donors (Lipinski definition) is 2. The van der Waals surface area contributed by atoms with Gasteiger partial charge in [-0.2, -0.15) is 0 Å². The summed E-state index contributed by atoms with van der Waals surface area (Å²) in [6.07, 6.45) is 2.37. The Kier molecular flexibility index (Phi) is 6.26. The monoisotopic (exact) mass is 461 g/mol. The molecule has 0 amide bonds. The molecule has 2 aromatic heterocycles. The molecule has 0 radical (unpaired) electrons. The molecule has 2 aromatic carbocycles. The number of rotatable bonds is 9. The molecular formula is C26H27N3O3S. The molecule has 5 rings (SSSR count). The van der Waals surface area contributed by atoms with Crippen LogP contribution in [0.15, 0.2) is 64.8 Å². The number of benzene rings is 2. The van der Waals surface area contributed by atoms with Crippen LogP contribution in [-0.2, 0) is 13.0 Å². The van der Waals surface area contributed by atoms with Gasteiger partial charge in [-0.25, -0.2) is 4.98 Å². The molecule has 1 unspecified atom stereocenters. The van der Waals surface area contributed by atoms with E-state index in [-0.39, 0.29) is 5.56 Å². The van der Waals surface area contributed by atoms with Crippen LogP contribution < -0.4 is 10.3 Å². The first-order chi connectivity index (χ1) is 16.1. The zero-order valence-corrected chi connectivity index (χ0v) is 19.3. The molecule has 4 aromatic rings. The normalized spacial score (nSPS) is 14.6. The predicted octanol–water partition coefficient (Wildman–Crippen LogP) is 4.23. The van der Waals surface area contributed by atoms with Gasteiger partial charge < -0.3 is 14.8 Å². The number of nitrogens with zero attached hydrogens (tertiary/aromatic N) is 2. The van der Waals surface area contributed by atoms with Gasteiger partial charge in [0.15, 0.2) is 0 Å². The number of aliphatic hydroxyl groups excluding tert-OH is 1. The SMILES string of the molecule is COc1cccc(-c2csc3nc(CN(CC(O)Cc4ccccc4)C4CC4)[nH]c(=O)c23)c1. The van der Waals surface area contributed by atoms with E-state index in [1.807, 2.05) is 60.0 Å². The fourth-order valence-electron chi connectivity index (χ4n) is 4.27. The molecule has 1 fully saturated rings. The Balaban J connectivity index is 1.36. The molecule has 2 N–H and O–H groups in total. The zero-order valence-electron chi connectivity index (χ0n) is 18.5. The minimum atomic E-state index is -0.468. The van der Waals surface area contributed by atoms with Crippen molar-refractivity contribution in [2.24, 2.45) is 0 Å². The lowest BCUT2D eigenvalue weighted by Gasteiger charge is -2.24. The molecule has 33 heavy (non-hydrogen) atoms. The molecule has 2 heterocycles. The smallest absolute Gasteiger partial charge is 0.260 e. The third kappa shape index (κ3) is 5.00. The standard InChI is InChI=1S/C26H27N3O3S/c1-32-21-9-5-8-18(13-21)22-16-33-26-24(22)25(31)27-23(28-26)15-29(19-10-11-19)14-20(30)12-17-6-3-2-4-7-17/h2-9,13,16,19-20,30H,10-12,14-15H2,1H3,(H,27,28,31). The molecule has 0 spiro atoms. The molecule has 7 heteroatoms. The first kappa shape index (κ1) is 21.8. The highest BCUT2D eigenvalue weighted by Crippen LogP contribution is 2.33. The van der Waals surface area contributed by atoms with E-state index in [4.69, 9.17) is 9.72 Å². The number of aliphatic hydroxyl groups is 1. The van der Waals surface area contributed by atoms with Crippen molar-refractivity contribution in [2.75, 3.05) is 13.7 Å². The molecule has 6 nitrogen and oxygen atoms in total. The van der Waals surface area contributed by atoms with Crippen LogP contribution in [0.5, 0.6) is 5.75 Å². The number of aromatic amines is 1. The van der Waals surface area contributed by atoms with Gasteiger partial charge in [-0.3, -0.25) is 9.69 Å². The summed E-state index contributed by atoms with van der Waals surface area (Å²) in [5.41, 5.74) is 2.79. The topological polar surface area (TPSA) is 78.5 Å². The number of nitrogens with one attached hydrogen (secondary N) is 1. The van der Waals surface area contributed by atoms with E-state index in [0.717, 1.165) is 40.1 Å². The Morgan fingerprint density at radius 1 is 1.21 bits per heavy atom. The van der Waals surface area contributed by atoms with Crippen LogP contribution in [0.2, 0.25) is 0 Å². The number of thiophene rings is 1. The van der Waals surface area contributed by atoms with Crippen molar-refractivity contribution in [3.8, 4) is 16.9 Å². The summed E-state index contributed by atoms with van der Waals surface area (Å²) in [5, 5.41) is 13.3. The average Bonchev–Trinajstić information content (AvgIpc) is 3.58. The highest BCUT2D eigenvalue weighted by atomic mass is 32.1. The van der Waals surface area contributed by atoms with E-state index in [1.165, 1.54) is 11.3 Å². The second kappa shape index (κ2) is 9.47.